The summed E-state index contributed by atoms with van der Waals surface area (Å²) < 4.78 is 10.4. The molecule has 0 amide bonds. The topological polar surface area (TPSA) is 64.2 Å². The van der Waals surface area contributed by atoms with Crippen molar-refractivity contribution in [3.8, 4) is 5.75 Å². The van der Waals surface area contributed by atoms with Crippen molar-refractivity contribution in [2.24, 2.45) is 0 Å². The van der Waals surface area contributed by atoms with E-state index in [0.717, 1.165) is 16.3 Å². The molecule has 1 saturated carbocycles. The van der Waals surface area contributed by atoms with E-state index in [4.69, 9.17) is 9.47 Å². The number of carbonyl (C=O) groups is 1. The number of thiazole rings is 1. The zero-order valence-corrected chi connectivity index (χ0v) is 16.0. The van der Waals surface area contributed by atoms with E-state index in [0.29, 0.717) is 18.7 Å². The minimum Gasteiger partial charge on any atom is -0.497 e. The van der Waals surface area contributed by atoms with Gasteiger partial charge in [0.15, 0.2) is 5.69 Å². The summed E-state index contributed by atoms with van der Waals surface area (Å²) in [5.74, 6) is 0.490. The summed E-state index contributed by atoms with van der Waals surface area (Å²) in [6, 6.07) is 6.14. The molecule has 1 aliphatic rings. The van der Waals surface area contributed by atoms with E-state index in [1.54, 1.807) is 19.4 Å². The first-order chi connectivity index (χ1) is 12.5. The molecule has 2 aromatic heterocycles. The van der Waals surface area contributed by atoms with Crippen molar-refractivity contribution < 1.29 is 14.3 Å². The van der Waals surface area contributed by atoms with Crippen LogP contribution in [-0.4, -0.2) is 29.7 Å². The zero-order valence-electron chi connectivity index (χ0n) is 15.2. The van der Waals surface area contributed by atoms with Crippen LogP contribution in [0.25, 0.3) is 10.9 Å². The number of hydrogen-bond donors (Lipinski definition) is 1. The van der Waals surface area contributed by atoms with Crippen molar-refractivity contribution in [2.45, 2.75) is 38.5 Å². The average molecular weight is 370 g/mol. The molecule has 0 aliphatic heterocycles. The second-order valence-electron chi connectivity index (χ2n) is 6.97. The largest absolute Gasteiger partial charge is 0.497 e. The van der Waals surface area contributed by atoms with E-state index in [9.17, 15) is 4.79 Å². The summed E-state index contributed by atoms with van der Waals surface area (Å²) in [7, 11) is 1.68. The fourth-order valence-corrected chi connectivity index (χ4v) is 4.12. The number of esters is 1. The normalized spacial score (nSPS) is 15.2. The summed E-state index contributed by atoms with van der Waals surface area (Å²) in [5, 5.41) is 3.90. The van der Waals surface area contributed by atoms with Crippen LogP contribution in [0.5, 0.6) is 5.75 Å². The predicted octanol–water partition coefficient (Wildman–Crippen LogP) is 4.45. The van der Waals surface area contributed by atoms with E-state index in [1.807, 2.05) is 12.1 Å². The number of carbonyl (C=O) groups excluding carboxylic acids is 1. The maximum atomic E-state index is 11.9. The van der Waals surface area contributed by atoms with Crippen molar-refractivity contribution in [1.82, 2.24) is 9.97 Å². The first-order valence-corrected chi connectivity index (χ1v) is 9.72. The standard InChI is InChI=1S/C20H22N2O3S/c1-4-25-19(23)16-11-26-17(21-16)10-14-13-6-5-12(24-3)9-15(13)22-18(14)20(2)7-8-20/h5-6,9,11,22H,4,7-8,10H2,1-3H3. The third-order valence-corrected chi connectivity index (χ3v) is 5.93. The lowest BCUT2D eigenvalue weighted by molar-refractivity contribution is 0.0520. The first kappa shape index (κ1) is 17.1. The van der Waals surface area contributed by atoms with Gasteiger partial charge in [0, 0.05) is 39.9 Å². The number of ether oxygens (including phenoxy) is 2. The Hall–Kier alpha value is -2.34. The van der Waals surface area contributed by atoms with Gasteiger partial charge in [-0.15, -0.1) is 11.3 Å². The summed E-state index contributed by atoms with van der Waals surface area (Å²) in [6.45, 7) is 4.46. The Labute approximate surface area is 156 Å². The quantitative estimate of drug-likeness (QED) is 0.651. The number of aromatic nitrogens is 2. The predicted molar refractivity (Wildman–Crippen MR) is 102 cm³/mol. The van der Waals surface area contributed by atoms with Crippen LogP contribution in [0.2, 0.25) is 0 Å². The Morgan fingerprint density at radius 2 is 2.19 bits per heavy atom. The lowest BCUT2D eigenvalue weighted by atomic mass is 9.97. The van der Waals surface area contributed by atoms with Crippen LogP contribution in [0.1, 0.15) is 53.4 Å². The highest BCUT2D eigenvalue weighted by Crippen LogP contribution is 2.50. The van der Waals surface area contributed by atoms with Crippen molar-refractivity contribution in [3.05, 3.63) is 45.5 Å². The monoisotopic (exact) mass is 370 g/mol. The van der Waals surface area contributed by atoms with Gasteiger partial charge in [0.25, 0.3) is 0 Å². The van der Waals surface area contributed by atoms with Gasteiger partial charge in [0.2, 0.25) is 0 Å². The maximum Gasteiger partial charge on any atom is 0.357 e. The van der Waals surface area contributed by atoms with Crippen LogP contribution < -0.4 is 4.74 Å². The van der Waals surface area contributed by atoms with Crippen LogP contribution in [0, 0.1) is 0 Å². The van der Waals surface area contributed by atoms with Crippen LogP contribution in [-0.2, 0) is 16.6 Å². The van der Waals surface area contributed by atoms with Crippen LogP contribution >= 0.6 is 11.3 Å². The molecule has 5 nitrogen and oxygen atoms in total. The number of nitrogens with one attached hydrogen (secondary N) is 1. The van der Waals surface area contributed by atoms with Gasteiger partial charge >= 0.3 is 5.97 Å². The maximum absolute atomic E-state index is 11.9. The van der Waals surface area contributed by atoms with Gasteiger partial charge in [-0.1, -0.05) is 6.92 Å². The van der Waals surface area contributed by atoms with E-state index in [2.05, 4.69) is 23.0 Å². The molecule has 0 spiro atoms. The molecule has 0 unspecified atom stereocenters. The summed E-state index contributed by atoms with van der Waals surface area (Å²) in [4.78, 5) is 20.0. The molecule has 1 aliphatic carbocycles. The fraction of sp³-hybridized carbons (Fsp3) is 0.400. The highest BCUT2D eigenvalue weighted by molar-refractivity contribution is 7.09. The molecule has 0 saturated heterocycles. The molecule has 0 radical (unpaired) electrons. The molecule has 26 heavy (non-hydrogen) atoms. The molecule has 0 atom stereocenters. The molecular weight excluding hydrogens is 348 g/mol. The molecule has 1 aromatic carbocycles. The van der Waals surface area contributed by atoms with Gasteiger partial charge < -0.3 is 14.5 Å². The number of nitrogens with zero attached hydrogens (tertiary/aromatic N) is 1. The van der Waals surface area contributed by atoms with Gasteiger partial charge in [-0.05, 0) is 37.5 Å². The van der Waals surface area contributed by atoms with Crippen molar-refractivity contribution in [1.29, 1.82) is 0 Å². The average Bonchev–Trinajstić information content (AvgIpc) is 3.08. The van der Waals surface area contributed by atoms with Crippen molar-refractivity contribution >= 4 is 28.2 Å². The van der Waals surface area contributed by atoms with Crippen molar-refractivity contribution in [3.63, 3.8) is 0 Å². The Morgan fingerprint density at radius 3 is 2.88 bits per heavy atom. The second kappa shape index (κ2) is 6.43. The molecular formula is C20H22N2O3S. The molecule has 136 valence electrons. The molecule has 2 heterocycles. The smallest absolute Gasteiger partial charge is 0.357 e. The van der Waals surface area contributed by atoms with Gasteiger partial charge in [-0.25, -0.2) is 9.78 Å². The number of methoxy groups -OCH3 is 1. The number of benzene rings is 1. The molecule has 3 aromatic rings. The molecule has 1 N–H and O–H groups in total. The number of rotatable bonds is 6. The van der Waals surface area contributed by atoms with Gasteiger partial charge in [0.05, 0.1) is 18.7 Å². The number of aromatic amines is 1. The molecule has 6 heteroatoms. The Morgan fingerprint density at radius 1 is 1.38 bits per heavy atom. The molecule has 4 rings (SSSR count). The van der Waals surface area contributed by atoms with Crippen LogP contribution in [0.4, 0.5) is 0 Å². The number of hydrogen-bond acceptors (Lipinski definition) is 5. The van der Waals surface area contributed by atoms with Crippen LogP contribution in [0.15, 0.2) is 23.6 Å². The highest BCUT2D eigenvalue weighted by atomic mass is 32.1. The third-order valence-electron chi connectivity index (χ3n) is 5.08. The Balaban J connectivity index is 1.72. The lowest BCUT2D eigenvalue weighted by Gasteiger charge is -2.09. The minimum absolute atomic E-state index is 0.211. The summed E-state index contributed by atoms with van der Waals surface area (Å²) >= 11 is 1.51. The summed E-state index contributed by atoms with van der Waals surface area (Å²) in [5.41, 5.74) is 4.25. The minimum atomic E-state index is -0.354. The van der Waals surface area contributed by atoms with E-state index in [1.165, 1.54) is 40.8 Å². The van der Waals surface area contributed by atoms with Gasteiger partial charge in [-0.3, -0.25) is 0 Å². The summed E-state index contributed by atoms with van der Waals surface area (Å²) in [6.07, 6.45) is 3.09. The van der Waals surface area contributed by atoms with Gasteiger partial charge in [0.1, 0.15) is 5.75 Å². The molecule has 1 fully saturated rings. The highest BCUT2D eigenvalue weighted by Gasteiger charge is 2.42. The number of fused-ring (bicyclic) bond motifs is 1. The van der Waals surface area contributed by atoms with E-state index >= 15 is 0 Å². The van der Waals surface area contributed by atoms with Crippen LogP contribution in [0.3, 0.4) is 0 Å². The first-order valence-electron chi connectivity index (χ1n) is 8.84. The zero-order chi connectivity index (χ0) is 18.3. The fourth-order valence-electron chi connectivity index (χ4n) is 3.34. The SMILES string of the molecule is CCOC(=O)c1csc(Cc2c(C3(C)CC3)[nH]c3cc(OC)ccc23)n1. The van der Waals surface area contributed by atoms with Crippen molar-refractivity contribution in [2.75, 3.05) is 13.7 Å². The second-order valence-corrected chi connectivity index (χ2v) is 7.92. The Kier molecular flexibility index (Phi) is 4.23. The Bertz CT molecular complexity index is 969. The lowest BCUT2D eigenvalue weighted by Crippen LogP contribution is -2.06. The van der Waals surface area contributed by atoms with Gasteiger partial charge in [-0.2, -0.15) is 0 Å². The van der Waals surface area contributed by atoms with E-state index < -0.39 is 0 Å². The van der Waals surface area contributed by atoms with E-state index in [-0.39, 0.29) is 11.4 Å². The third kappa shape index (κ3) is 2.98. The molecule has 0 bridgehead atoms. The number of H-pyrrole nitrogens is 1.